The first-order valence-corrected chi connectivity index (χ1v) is 8.42. The van der Waals surface area contributed by atoms with Crippen molar-refractivity contribution in [2.45, 2.75) is 39.3 Å². The van der Waals surface area contributed by atoms with E-state index in [0.29, 0.717) is 11.3 Å². The largest absolute Gasteiger partial charge is 0.352 e. The molecule has 25 heavy (non-hydrogen) atoms. The molecule has 2 aromatic heterocycles. The van der Waals surface area contributed by atoms with Gasteiger partial charge in [0.05, 0.1) is 0 Å². The Labute approximate surface area is 146 Å². The third-order valence-electron chi connectivity index (χ3n) is 4.23. The van der Waals surface area contributed by atoms with E-state index in [1.165, 1.54) is 10.2 Å². The summed E-state index contributed by atoms with van der Waals surface area (Å²) in [4.78, 5) is 24.6. The highest BCUT2D eigenvalue weighted by atomic mass is 16.2. The molecule has 0 bridgehead atoms. The molecule has 1 N–H and O–H groups in total. The summed E-state index contributed by atoms with van der Waals surface area (Å²) in [5.41, 5.74) is 1.51. The van der Waals surface area contributed by atoms with E-state index in [-0.39, 0.29) is 24.1 Å². The number of aromatic nitrogens is 3. The summed E-state index contributed by atoms with van der Waals surface area (Å²) in [5.74, 6) is 0.468. The quantitative estimate of drug-likeness (QED) is 0.747. The van der Waals surface area contributed by atoms with Crippen molar-refractivity contribution in [3.63, 3.8) is 0 Å². The Balaban J connectivity index is 1.61. The Morgan fingerprint density at radius 2 is 1.96 bits per heavy atom. The van der Waals surface area contributed by atoms with Crippen molar-refractivity contribution < 1.29 is 4.79 Å². The van der Waals surface area contributed by atoms with Crippen LogP contribution < -0.4 is 10.9 Å². The van der Waals surface area contributed by atoms with Crippen LogP contribution in [0.15, 0.2) is 53.5 Å². The van der Waals surface area contributed by atoms with Crippen molar-refractivity contribution in [1.29, 1.82) is 0 Å². The molecule has 3 rings (SSSR count). The van der Waals surface area contributed by atoms with Crippen molar-refractivity contribution in [2.75, 3.05) is 0 Å². The topological polar surface area (TPSA) is 68.4 Å². The maximum absolute atomic E-state index is 12.4. The molecule has 1 amide bonds. The summed E-state index contributed by atoms with van der Waals surface area (Å²) >= 11 is 0. The van der Waals surface area contributed by atoms with Gasteiger partial charge in [0, 0.05) is 12.2 Å². The Morgan fingerprint density at radius 1 is 1.20 bits per heavy atom. The monoisotopic (exact) mass is 338 g/mol. The number of carbonyl (C=O) groups excluding carboxylic acids is 1. The van der Waals surface area contributed by atoms with Crippen molar-refractivity contribution in [1.82, 2.24) is 19.5 Å². The van der Waals surface area contributed by atoms with Crippen LogP contribution in [0.1, 0.15) is 24.7 Å². The van der Waals surface area contributed by atoms with Gasteiger partial charge in [-0.1, -0.05) is 30.3 Å². The van der Waals surface area contributed by atoms with E-state index >= 15 is 0 Å². The molecule has 130 valence electrons. The van der Waals surface area contributed by atoms with Gasteiger partial charge in [0.15, 0.2) is 0 Å². The van der Waals surface area contributed by atoms with E-state index in [1.54, 1.807) is 22.7 Å². The maximum Gasteiger partial charge on any atom is 0.291 e. The predicted octanol–water partition coefficient (Wildman–Crippen LogP) is 1.94. The molecule has 0 spiro atoms. The van der Waals surface area contributed by atoms with E-state index < -0.39 is 0 Å². The summed E-state index contributed by atoms with van der Waals surface area (Å²) < 4.78 is 2.95. The Bertz CT molecular complexity index is 927. The van der Waals surface area contributed by atoms with Crippen molar-refractivity contribution in [3.05, 3.63) is 70.4 Å². The summed E-state index contributed by atoms with van der Waals surface area (Å²) in [6.07, 6.45) is 3.53. The molecular formula is C19H22N4O2. The van der Waals surface area contributed by atoms with E-state index in [2.05, 4.69) is 22.5 Å². The van der Waals surface area contributed by atoms with Crippen LogP contribution in [0.25, 0.3) is 5.52 Å². The minimum absolute atomic E-state index is 0.0292. The number of benzene rings is 1. The van der Waals surface area contributed by atoms with Crippen LogP contribution in [0, 0.1) is 6.92 Å². The lowest BCUT2D eigenvalue weighted by molar-refractivity contribution is -0.122. The van der Waals surface area contributed by atoms with Crippen LogP contribution in [0.3, 0.4) is 0 Å². The molecule has 3 aromatic rings. The molecule has 0 aliphatic carbocycles. The highest BCUT2D eigenvalue weighted by Gasteiger charge is 2.12. The zero-order valence-electron chi connectivity index (χ0n) is 14.5. The SMILES string of the molecule is Cc1nn(CC(=O)N[C@H](C)CCc2ccccc2)c(=O)c2cccn12. The standard InChI is InChI=1S/C19H22N4O2/c1-14(10-11-16-7-4-3-5-8-16)20-18(24)13-23-19(25)17-9-6-12-22(17)15(2)21-23/h3-9,12,14H,10-11,13H2,1-2H3,(H,20,24)/t14-/m1/s1. The Kier molecular flexibility index (Phi) is 4.97. The Hall–Kier alpha value is -2.89. The second kappa shape index (κ2) is 7.34. The van der Waals surface area contributed by atoms with Gasteiger partial charge in [0.25, 0.3) is 5.56 Å². The molecule has 0 saturated carbocycles. The second-order valence-electron chi connectivity index (χ2n) is 6.27. The van der Waals surface area contributed by atoms with Crippen LogP contribution in [-0.2, 0) is 17.8 Å². The van der Waals surface area contributed by atoms with E-state index in [9.17, 15) is 9.59 Å². The highest BCUT2D eigenvalue weighted by molar-refractivity contribution is 5.76. The van der Waals surface area contributed by atoms with Gasteiger partial charge in [-0.25, -0.2) is 4.68 Å². The minimum atomic E-state index is -0.261. The summed E-state index contributed by atoms with van der Waals surface area (Å²) in [6, 6.07) is 13.7. The van der Waals surface area contributed by atoms with Crippen LogP contribution in [-0.4, -0.2) is 26.1 Å². The fourth-order valence-electron chi connectivity index (χ4n) is 2.90. The number of nitrogens with zero attached hydrogens (tertiary/aromatic N) is 3. The first kappa shape index (κ1) is 17.0. The number of nitrogens with one attached hydrogen (secondary N) is 1. The van der Waals surface area contributed by atoms with E-state index in [4.69, 9.17) is 0 Å². The zero-order chi connectivity index (χ0) is 17.8. The third kappa shape index (κ3) is 3.96. The molecule has 0 unspecified atom stereocenters. The molecular weight excluding hydrogens is 316 g/mol. The van der Waals surface area contributed by atoms with Crippen LogP contribution >= 0.6 is 0 Å². The summed E-state index contributed by atoms with van der Waals surface area (Å²) in [6.45, 7) is 3.71. The maximum atomic E-state index is 12.4. The number of carbonyl (C=O) groups is 1. The smallest absolute Gasteiger partial charge is 0.291 e. The molecule has 0 saturated heterocycles. The normalized spacial score (nSPS) is 12.2. The fraction of sp³-hybridized carbons (Fsp3) is 0.316. The van der Waals surface area contributed by atoms with Gasteiger partial charge in [-0.15, -0.1) is 0 Å². The number of fused-ring (bicyclic) bond motifs is 1. The molecule has 6 heteroatoms. The Morgan fingerprint density at radius 3 is 2.72 bits per heavy atom. The highest BCUT2D eigenvalue weighted by Crippen LogP contribution is 2.05. The van der Waals surface area contributed by atoms with Gasteiger partial charge >= 0.3 is 0 Å². The molecule has 1 atom stereocenters. The lowest BCUT2D eigenvalue weighted by atomic mass is 10.1. The lowest BCUT2D eigenvalue weighted by Crippen LogP contribution is -2.39. The molecule has 6 nitrogen and oxygen atoms in total. The number of amides is 1. The van der Waals surface area contributed by atoms with E-state index in [0.717, 1.165) is 12.8 Å². The van der Waals surface area contributed by atoms with Crippen molar-refractivity contribution in [2.24, 2.45) is 0 Å². The predicted molar refractivity (Wildman–Crippen MR) is 96.6 cm³/mol. The second-order valence-corrected chi connectivity index (χ2v) is 6.27. The van der Waals surface area contributed by atoms with Crippen LogP contribution in [0.2, 0.25) is 0 Å². The number of aryl methyl sites for hydroxylation is 2. The number of hydrogen-bond acceptors (Lipinski definition) is 3. The summed E-state index contributed by atoms with van der Waals surface area (Å²) in [5, 5.41) is 7.16. The van der Waals surface area contributed by atoms with Gasteiger partial charge in [-0.3, -0.25) is 14.0 Å². The van der Waals surface area contributed by atoms with Gasteiger partial charge < -0.3 is 5.32 Å². The van der Waals surface area contributed by atoms with Gasteiger partial charge in [0.1, 0.15) is 17.9 Å². The van der Waals surface area contributed by atoms with Gasteiger partial charge in [-0.05, 0) is 44.4 Å². The average Bonchev–Trinajstić information content (AvgIpc) is 3.09. The molecule has 0 aliphatic heterocycles. The van der Waals surface area contributed by atoms with Gasteiger partial charge in [0.2, 0.25) is 5.91 Å². The minimum Gasteiger partial charge on any atom is -0.352 e. The first-order chi connectivity index (χ1) is 12.0. The van der Waals surface area contributed by atoms with Gasteiger partial charge in [-0.2, -0.15) is 5.10 Å². The average molecular weight is 338 g/mol. The molecule has 1 aromatic carbocycles. The number of hydrogen-bond donors (Lipinski definition) is 1. The van der Waals surface area contributed by atoms with Crippen LogP contribution in [0.4, 0.5) is 0 Å². The van der Waals surface area contributed by atoms with E-state index in [1.807, 2.05) is 32.0 Å². The fourth-order valence-corrected chi connectivity index (χ4v) is 2.90. The molecule has 0 fully saturated rings. The molecule has 0 radical (unpaired) electrons. The zero-order valence-corrected chi connectivity index (χ0v) is 14.5. The lowest BCUT2D eigenvalue weighted by Gasteiger charge is -2.14. The first-order valence-electron chi connectivity index (χ1n) is 8.42. The van der Waals surface area contributed by atoms with Crippen LogP contribution in [0.5, 0.6) is 0 Å². The third-order valence-corrected chi connectivity index (χ3v) is 4.23. The van der Waals surface area contributed by atoms with Crippen molar-refractivity contribution in [3.8, 4) is 0 Å². The number of rotatable bonds is 6. The molecule has 0 aliphatic rings. The van der Waals surface area contributed by atoms with Crippen molar-refractivity contribution >= 4 is 11.4 Å². The summed E-state index contributed by atoms with van der Waals surface area (Å²) in [7, 11) is 0. The molecule has 2 heterocycles.